The molecule has 0 aliphatic heterocycles. The molecule has 0 aliphatic carbocycles. The van der Waals surface area contributed by atoms with Crippen LogP contribution in [0.15, 0.2) is 42.5 Å². The van der Waals surface area contributed by atoms with Crippen LogP contribution < -0.4 is 0 Å². The summed E-state index contributed by atoms with van der Waals surface area (Å²) >= 11 is 0. The van der Waals surface area contributed by atoms with Crippen molar-refractivity contribution in [2.75, 3.05) is 13.2 Å². The van der Waals surface area contributed by atoms with Crippen LogP contribution >= 0.6 is 0 Å². The second-order valence-corrected chi connectivity index (χ2v) is 5.25. The van der Waals surface area contributed by atoms with E-state index in [4.69, 9.17) is 9.47 Å². The first-order valence-electron chi connectivity index (χ1n) is 7.74. The summed E-state index contributed by atoms with van der Waals surface area (Å²) in [4.78, 5) is 46.1. The van der Waals surface area contributed by atoms with Gasteiger partial charge in [0.1, 0.15) is 5.82 Å². The quantitative estimate of drug-likeness (QED) is 0.316. The van der Waals surface area contributed by atoms with E-state index in [1.54, 1.807) is 6.92 Å². The van der Waals surface area contributed by atoms with E-state index in [1.807, 2.05) is 0 Å². The van der Waals surface area contributed by atoms with Gasteiger partial charge in [0.2, 0.25) is 0 Å². The summed E-state index contributed by atoms with van der Waals surface area (Å²) in [6.07, 6.45) is 0. The number of hydrogen-bond acceptors (Lipinski definition) is 7. The van der Waals surface area contributed by atoms with Gasteiger partial charge in [-0.05, 0) is 37.3 Å². The number of benzene rings is 2. The maximum absolute atomic E-state index is 12.9. The van der Waals surface area contributed by atoms with Crippen molar-refractivity contribution < 1.29 is 33.2 Å². The summed E-state index contributed by atoms with van der Waals surface area (Å²) in [7, 11) is 0. The minimum absolute atomic E-state index is 0.0491. The molecule has 0 spiro atoms. The van der Waals surface area contributed by atoms with Crippen molar-refractivity contribution in [2.24, 2.45) is 0 Å². The molecule has 0 fully saturated rings. The number of rotatable bonds is 7. The van der Waals surface area contributed by atoms with Crippen molar-refractivity contribution in [3.63, 3.8) is 0 Å². The molecule has 27 heavy (non-hydrogen) atoms. The number of hydrogen-bond donors (Lipinski definition) is 0. The third kappa shape index (κ3) is 5.18. The molecule has 0 unspecified atom stereocenters. The summed E-state index contributed by atoms with van der Waals surface area (Å²) < 4.78 is 22.5. The second-order valence-electron chi connectivity index (χ2n) is 5.25. The van der Waals surface area contributed by atoms with Crippen LogP contribution in [0.2, 0.25) is 0 Å². The van der Waals surface area contributed by atoms with Gasteiger partial charge < -0.3 is 9.47 Å². The van der Waals surface area contributed by atoms with E-state index in [0.717, 1.165) is 30.3 Å². The molecule has 2 aromatic rings. The highest BCUT2D eigenvalue weighted by atomic mass is 19.1. The number of esters is 2. The Kier molecular flexibility index (Phi) is 6.32. The number of ether oxygens (including phenoxy) is 2. The number of carbonyl (C=O) groups excluding carboxylic acids is 3. The Morgan fingerprint density at radius 1 is 0.963 bits per heavy atom. The van der Waals surface area contributed by atoms with E-state index < -0.39 is 40.8 Å². The van der Waals surface area contributed by atoms with Gasteiger partial charge in [0.05, 0.1) is 22.7 Å². The number of ketones is 1. The first kappa shape index (κ1) is 19.7. The smallest absolute Gasteiger partial charge is 0.338 e. The Labute approximate surface area is 152 Å². The van der Waals surface area contributed by atoms with Crippen molar-refractivity contribution in [3.05, 3.63) is 75.1 Å². The highest BCUT2D eigenvalue weighted by molar-refractivity contribution is 6.00. The van der Waals surface area contributed by atoms with Crippen molar-refractivity contribution in [2.45, 2.75) is 6.92 Å². The Morgan fingerprint density at radius 2 is 1.52 bits per heavy atom. The zero-order valence-corrected chi connectivity index (χ0v) is 14.1. The number of nitrogens with zero attached hydrogens (tertiary/aromatic N) is 1. The van der Waals surface area contributed by atoms with Gasteiger partial charge in [-0.25, -0.2) is 14.0 Å². The molecular weight excluding hydrogens is 361 g/mol. The highest BCUT2D eigenvalue weighted by Crippen LogP contribution is 2.19. The largest absolute Gasteiger partial charge is 0.462 e. The lowest BCUT2D eigenvalue weighted by Gasteiger charge is -2.07. The standard InChI is InChI=1S/C18H14FNO7/c1-2-26-17(22)12-7-13(9-15(8-12)20(24)25)18(23)27-10-16(21)11-3-5-14(19)6-4-11/h3-9H,2,10H2,1H3. The van der Waals surface area contributed by atoms with E-state index in [9.17, 15) is 28.9 Å². The van der Waals surface area contributed by atoms with Crippen LogP contribution in [0.1, 0.15) is 38.0 Å². The minimum atomic E-state index is -1.03. The van der Waals surface area contributed by atoms with Crippen LogP contribution in [0.4, 0.5) is 10.1 Å². The van der Waals surface area contributed by atoms with Gasteiger partial charge in [0.25, 0.3) is 5.69 Å². The number of non-ortho nitro benzene ring substituents is 1. The van der Waals surface area contributed by atoms with Crippen molar-refractivity contribution in [1.82, 2.24) is 0 Å². The third-order valence-corrected chi connectivity index (χ3v) is 3.38. The zero-order chi connectivity index (χ0) is 20.0. The molecule has 0 atom stereocenters. The number of Topliss-reactive ketones (excluding diaryl/α,β-unsaturated/α-hetero) is 1. The molecule has 9 heteroatoms. The predicted molar refractivity (Wildman–Crippen MR) is 90.1 cm³/mol. The van der Waals surface area contributed by atoms with Crippen LogP contribution in [-0.2, 0) is 9.47 Å². The molecule has 0 amide bonds. The molecule has 8 nitrogen and oxygen atoms in total. The Balaban J connectivity index is 2.16. The summed E-state index contributed by atoms with van der Waals surface area (Å²) in [6.45, 7) is 0.959. The molecule has 0 saturated carbocycles. The number of nitro benzene ring substituents is 1. The Hall–Kier alpha value is -3.62. The molecular formula is C18H14FNO7. The first-order valence-corrected chi connectivity index (χ1v) is 7.74. The zero-order valence-electron chi connectivity index (χ0n) is 14.1. The van der Waals surface area contributed by atoms with Crippen LogP contribution in [0.5, 0.6) is 0 Å². The molecule has 0 aromatic heterocycles. The highest BCUT2D eigenvalue weighted by Gasteiger charge is 2.20. The maximum Gasteiger partial charge on any atom is 0.338 e. The molecule has 0 heterocycles. The van der Waals surface area contributed by atoms with Crippen LogP contribution in [0, 0.1) is 15.9 Å². The average molecular weight is 375 g/mol. The van der Waals surface area contributed by atoms with Crippen molar-refractivity contribution in [3.8, 4) is 0 Å². The summed E-state index contributed by atoms with van der Waals surface area (Å²) in [6, 6.07) is 7.61. The fraction of sp³-hybridized carbons (Fsp3) is 0.167. The number of nitro groups is 1. The van der Waals surface area contributed by atoms with Gasteiger partial charge in [-0.3, -0.25) is 14.9 Å². The number of carbonyl (C=O) groups is 3. The lowest BCUT2D eigenvalue weighted by Crippen LogP contribution is -2.15. The first-order chi connectivity index (χ1) is 12.8. The van der Waals surface area contributed by atoms with Crippen LogP contribution in [0.3, 0.4) is 0 Å². The van der Waals surface area contributed by atoms with Gasteiger partial charge in [-0.1, -0.05) is 0 Å². The molecule has 140 valence electrons. The van der Waals surface area contributed by atoms with Gasteiger partial charge in [0, 0.05) is 17.7 Å². The van der Waals surface area contributed by atoms with Crippen LogP contribution in [-0.4, -0.2) is 35.9 Å². The minimum Gasteiger partial charge on any atom is -0.462 e. The maximum atomic E-state index is 12.9. The topological polar surface area (TPSA) is 113 Å². The summed E-state index contributed by atoms with van der Waals surface area (Å²) in [5.41, 5.74) is -0.838. The molecule has 0 aliphatic rings. The van der Waals surface area contributed by atoms with Crippen LogP contribution in [0.25, 0.3) is 0 Å². The molecule has 0 N–H and O–H groups in total. The van der Waals surface area contributed by atoms with E-state index in [0.29, 0.717) is 0 Å². The Morgan fingerprint density at radius 3 is 2.04 bits per heavy atom. The van der Waals surface area contributed by atoms with E-state index in [2.05, 4.69) is 0 Å². The summed E-state index contributed by atoms with van der Waals surface area (Å²) in [5.74, 6) is -2.97. The monoisotopic (exact) mass is 375 g/mol. The average Bonchev–Trinajstić information content (AvgIpc) is 2.66. The molecule has 0 radical (unpaired) electrons. The lowest BCUT2D eigenvalue weighted by molar-refractivity contribution is -0.384. The van der Waals surface area contributed by atoms with E-state index in [-0.39, 0.29) is 23.3 Å². The lowest BCUT2D eigenvalue weighted by atomic mass is 10.1. The fourth-order valence-corrected chi connectivity index (χ4v) is 2.10. The normalized spacial score (nSPS) is 10.1. The summed E-state index contributed by atoms with van der Waals surface area (Å²) in [5, 5.41) is 11.0. The Bertz CT molecular complexity index is 893. The van der Waals surface area contributed by atoms with Crippen molar-refractivity contribution in [1.29, 1.82) is 0 Å². The second kappa shape index (κ2) is 8.65. The predicted octanol–water partition coefficient (Wildman–Crippen LogP) is 2.95. The van der Waals surface area contributed by atoms with Gasteiger partial charge in [0.15, 0.2) is 12.4 Å². The van der Waals surface area contributed by atoms with Gasteiger partial charge >= 0.3 is 11.9 Å². The van der Waals surface area contributed by atoms with Gasteiger partial charge in [-0.2, -0.15) is 0 Å². The van der Waals surface area contributed by atoms with Gasteiger partial charge in [-0.15, -0.1) is 0 Å². The molecule has 0 saturated heterocycles. The van der Waals surface area contributed by atoms with Crippen molar-refractivity contribution >= 4 is 23.4 Å². The van der Waals surface area contributed by atoms with E-state index in [1.165, 1.54) is 12.1 Å². The molecule has 2 aromatic carbocycles. The molecule has 2 rings (SSSR count). The molecule has 0 bridgehead atoms. The fourth-order valence-electron chi connectivity index (χ4n) is 2.10. The number of halogens is 1. The third-order valence-electron chi connectivity index (χ3n) is 3.38. The SMILES string of the molecule is CCOC(=O)c1cc(C(=O)OCC(=O)c2ccc(F)cc2)cc([N+](=O)[O-])c1. The van der Waals surface area contributed by atoms with E-state index >= 15 is 0 Å².